The minimum atomic E-state index is 0.632. The summed E-state index contributed by atoms with van der Waals surface area (Å²) in [6.45, 7) is 7.29. The molecule has 1 atom stereocenters. The maximum Gasteiger partial charge on any atom is 0.225 e. The van der Waals surface area contributed by atoms with Crippen LogP contribution < -0.4 is 10.6 Å². The number of hydrogen-bond acceptors (Lipinski definition) is 5. The lowest BCUT2D eigenvalue weighted by molar-refractivity contribution is 0.186. The topological polar surface area (TPSA) is 58.3 Å². The molecular formula is C13H23N5. The molecular weight excluding hydrogens is 226 g/mol. The van der Waals surface area contributed by atoms with Crippen LogP contribution in [-0.4, -0.2) is 53.6 Å². The van der Waals surface area contributed by atoms with E-state index in [1.165, 1.54) is 6.42 Å². The van der Waals surface area contributed by atoms with Gasteiger partial charge < -0.3 is 10.6 Å². The van der Waals surface area contributed by atoms with E-state index in [9.17, 15) is 0 Å². The van der Waals surface area contributed by atoms with Crippen LogP contribution in [0, 0.1) is 0 Å². The number of anilines is 1. The van der Waals surface area contributed by atoms with Gasteiger partial charge in [0.2, 0.25) is 5.95 Å². The van der Waals surface area contributed by atoms with Gasteiger partial charge in [0.15, 0.2) is 0 Å². The van der Waals surface area contributed by atoms with Crippen molar-refractivity contribution >= 4 is 5.95 Å². The molecule has 0 spiro atoms. The van der Waals surface area contributed by atoms with Crippen LogP contribution in [0.15, 0.2) is 18.5 Å². The fourth-order valence-electron chi connectivity index (χ4n) is 2.41. The second kappa shape index (κ2) is 6.66. The van der Waals surface area contributed by atoms with Gasteiger partial charge in [0.1, 0.15) is 0 Å². The highest BCUT2D eigenvalue weighted by Crippen LogP contribution is 2.13. The van der Waals surface area contributed by atoms with Gasteiger partial charge in [-0.05, 0) is 32.4 Å². The number of piperazine rings is 1. The lowest BCUT2D eigenvalue weighted by Gasteiger charge is -2.38. The van der Waals surface area contributed by atoms with Crippen molar-refractivity contribution in [3.8, 4) is 0 Å². The minimum absolute atomic E-state index is 0.632. The molecule has 0 saturated carbocycles. The maximum atomic E-state index is 5.56. The summed E-state index contributed by atoms with van der Waals surface area (Å²) in [6, 6.07) is 2.49. The predicted octanol–water partition coefficient (Wildman–Crippen LogP) is 0.726. The molecule has 0 amide bonds. The Bertz CT molecular complexity index is 334. The third-order valence-electron chi connectivity index (χ3n) is 3.60. The average Bonchev–Trinajstić information content (AvgIpc) is 2.46. The van der Waals surface area contributed by atoms with Crippen LogP contribution in [0.25, 0.3) is 0 Å². The lowest BCUT2D eigenvalue weighted by atomic mass is 10.1. The van der Waals surface area contributed by atoms with Gasteiger partial charge in [-0.25, -0.2) is 9.97 Å². The zero-order valence-corrected chi connectivity index (χ0v) is 11.1. The highest BCUT2D eigenvalue weighted by atomic mass is 15.3. The molecule has 1 fully saturated rings. The Hall–Kier alpha value is -1.20. The number of aromatic nitrogens is 2. The molecule has 2 N–H and O–H groups in total. The molecule has 100 valence electrons. The third kappa shape index (κ3) is 3.40. The van der Waals surface area contributed by atoms with Gasteiger partial charge in [-0.3, -0.25) is 4.90 Å². The van der Waals surface area contributed by atoms with Crippen molar-refractivity contribution in [2.45, 2.75) is 25.8 Å². The van der Waals surface area contributed by atoms with Gasteiger partial charge >= 0.3 is 0 Å². The molecule has 1 aromatic heterocycles. The summed E-state index contributed by atoms with van der Waals surface area (Å²) in [7, 11) is 0. The first kappa shape index (κ1) is 13.2. The average molecular weight is 249 g/mol. The monoisotopic (exact) mass is 249 g/mol. The molecule has 0 aromatic carbocycles. The van der Waals surface area contributed by atoms with Gasteiger partial charge in [-0.1, -0.05) is 0 Å². The van der Waals surface area contributed by atoms with Crippen LogP contribution in [0.1, 0.15) is 19.8 Å². The maximum absolute atomic E-state index is 5.56. The van der Waals surface area contributed by atoms with E-state index in [1.54, 1.807) is 12.4 Å². The highest BCUT2D eigenvalue weighted by Gasteiger charge is 2.21. The van der Waals surface area contributed by atoms with Crippen LogP contribution in [0.2, 0.25) is 0 Å². The van der Waals surface area contributed by atoms with E-state index >= 15 is 0 Å². The van der Waals surface area contributed by atoms with E-state index in [0.717, 1.165) is 45.1 Å². The normalized spacial score (nSPS) is 18.9. The molecule has 0 aliphatic carbocycles. The Morgan fingerprint density at radius 1 is 1.22 bits per heavy atom. The van der Waals surface area contributed by atoms with Gasteiger partial charge in [0.25, 0.3) is 0 Å². The summed E-state index contributed by atoms with van der Waals surface area (Å²) in [5, 5.41) is 0. The summed E-state index contributed by atoms with van der Waals surface area (Å²) in [4.78, 5) is 13.4. The summed E-state index contributed by atoms with van der Waals surface area (Å²) in [5.41, 5.74) is 5.56. The number of nitrogens with two attached hydrogens (primary N) is 1. The van der Waals surface area contributed by atoms with E-state index in [0.29, 0.717) is 6.04 Å². The van der Waals surface area contributed by atoms with Crippen molar-refractivity contribution in [3.63, 3.8) is 0 Å². The van der Waals surface area contributed by atoms with E-state index in [2.05, 4.69) is 26.7 Å². The van der Waals surface area contributed by atoms with E-state index in [-0.39, 0.29) is 0 Å². The molecule has 1 aliphatic heterocycles. The fraction of sp³-hybridized carbons (Fsp3) is 0.692. The van der Waals surface area contributed by atoms with Crippen LogP contribution in [-0.2, 0) is 0 Å². The van der Waals surface area contributed by atoms with E-state index in [1.807, 2.05) is 6.07 Å². The summed E-state index contributed by atoms with van der Waals surface area (Å²) >= 11 is 0. The van der Waals surface area contributed by atoms with Gasteiger partial charge in [-0.15, -0.1) is 0 Å². The van der Waals surface area contributed by atoms with Crippen LogP contribution in [0.4, 0.5) is 5.95 Å². The van der Waals surface area contributed by atoms with Crippen LogP contribution in [0.5, 0.6) is 0 Å². The Morgan fingerprint density at radius 2 is 1.89 bits per heavy atom. The molecule has 1 aromatic rings. The lowest BCUT2D eigenvalue weighted by Crippen LogP contribution is -2.50. The van der Waals surface area contributed by atoms with Crippen molar-refractivity contribution in [3.05, 3.63) is 18.5 Å². The molecule has 0 bridgehead atoms. The Kier molecular flexibility index (Phi) is 4.90. The van der Waals surface area contributed by atoms with Crippen molar-refractivity contribution in [1.82, 2.24) is 14.9 Å². The third-order valence-corrected chi connectivity index (χ3v) is 3.60. The predicted molar refractivity (Wildman–Crippen MR) is 73.6 cm³/mol. The zero-order chi connectivity index (χ0) is 12.8. The zero-order valence-electron chi connectivity index (χ0n) is 11.1. The molecule has 2 heterocycles. The second-order valence-electron chi connectivity index (χ2n) is 4.85. The first-order chi connectivity index (χ1) is 8.81. The molecule has 18 heavy (non-hydrogen) atoms. The molecule has 0 radical (unpaired) electrons. The van der Waals surface area contributed by atoms with Crippen molar-refractivity contribution in [2.75, 3.05) is 37.6 Å². The van der Waals surface area contributed by atoms with E-state index < -0.39 is 0 Å². The summed E-state index contributed by atoms with van der Waals surface area (Å²) in [5.74, 6) is 0.853. The largest absolute Gasteiger partial charge is 0.338 e. The molecule has 5 heteroatoms. The van der Waals surface area contributed by atoms with Crippen LogP contribution >= 0.6 is 0 Å². The highest BCUT2D eigenvalue weighted by molar-refractivity contribution is 5.29. The number of rotatable bonds is 5. The standard InChI is InChI=1S/C13H23N5/c1-12(4-2-5-14)17-8-10-18(11-9-17)13-15-6-3-7-16-13/h3,6-7,12H,2,4-5,8-11,14H2,1H3. The SMILES string of the molecule is CC(CCCN)N1CCN(c2ncccn2)CC1. The van der Waals surface area contributed by atoms with Crippen molar-refractivity contribution in [2.24, 2.45) is 5.73 Å². The quantitative estimate of drug-likeness (QED) is 0.833. The fourth-order valence-corrected chi connectivity index (χ4v) is 2.41. The molecule has 2 rings (SSSR count). The van der Waals surface area contributed by atoms with Crippen molar-refractivity contribution in [1.29, 1.82) is 0 Å². The van der Waals surface area contributed by atoms with Gasteiger partial charge in [0, 0.05) is 44.6 Å². The molecule has 1 saturated heterocycles. The first-order valence-corrected chi connectivity index (χ1v) is 6.77. The molecule has 5 nitrogen and oxygen atoms in total. The second-order valence-corrected chi connectivity index (χ2v) is 4.85. The number of hydrogen-bond donors (Lipinski definition) is 1. The number of nitrogens with zero attached hydrogens (tertiary/aromatic N) is 4. The van der Waals surface area contributed by atoms with Crippen LogP contribution in [0.3, 0.4) is 0 Å². The first-order valence-electron chi connectivity index (χ1n) is 6.77. The summed E-state index contributed by atoms with van der Waals surface area (Å²) in [6.07, 6.45) is 5.92. The Balaban J connectivity index is 1.81. The van der Waals surface area contributed by atoms with Gasteiger partial charge in [-0.2, -0.15) is 0 Å². The van der Waals surface area contributed by atoms with E-state index in [4.69, 9.17) is 5.73 Å². The summed E-state index contributed by atoms with van der Waals surface area (Å²) < 4.78 is 0. The molecule has 1 unspecified atom stereocenters. The Morgan fingerprint density at radius 3 is 2.50 bits per heavy atom. The van der Waals surface area contributed by atoms with Crippen molar-refractivity contribution < 1.29 is 0 Å². The Labute approximate surface area is 109 Å². The molecule has 1 aliphatic rings. The van der Waals surface area contributed by atoms with Gasteiger partial charge in [0.05, 0.1) is 0 Å². The minimum Gasteiger partial charge on any atom is -0.338 e. The smallest absolute Gasteiger partial charge is 0.225 e.